The van der Waals surface area contributed by atoms with Gasteiger partial charge in [0.15, 0.2) is 0 Å². The third kappa shape index (κ3) is 5.92. The lowest BCUT2D eigenvalue weighted by atomic mass is 9.72. The first-order valence-electron chi connectivity index (χ1n) is 16.6. The van der Waals surface area contributed by atoms with E-state index in [9.17, 15) is 10.2 Å². The quantitative estimate of drug-likeness (QED) is 0.114. The van der Waals surface area contributed by atoms with Crippen LogP contribution in [0.5, 0.6) is 0 Å². The normalized spacial score (nSPS) is 17.0. The van der Waals surface area contributed by atoms with Crippen molar-refractivity contribution >= 4 is 46.4 Å². The van der Waals surface area contributed by atoms with Crippen molar-refractivity contribution in [2.24, 2.45) is 11.8 Å². The first-order valence-corrected chi connectivity index (χ1v) is 20.3. The van der Waals surface area contributed by atoms with Crippen LogP contribution in [0.3, 0.4) is 0 Å². The molecule has 0 spiro atoms. The smallest absolute Gasteiger partial charge is 0.140 e. The SMILES string of the molecule is O/C(=C\[P+](c1ccccc1)(c1ccccc1)c1ccccc1)[C@H]1CC[C@H]1/C(O)=C/[P+](c1ccccc1)(c1ccccc1)c1ccccc1. The Bertz CT molecular complexity index is 1640. The van der Waals surface area contributed by atoms with E-state index in [1.165, 1.54) is 31.8 Å². The molecule has 2 nitrogen and oxygen atoms in total. The molecule has 0 heterocycles. The van der Waals surface area contributed by atoms with Crippen LogP contribution in [0.25, 0.3) is 0 Å². The van der Waals surface area contributed by atoms with Gasteiger partial charge in [-0.15, -0.1) is 0 Å². The van der Waals surface area contributed by atoms with Gasteiger partial charge in [-0.05, 0) is 85.6 Å². The molecular weight excluding hydrogens is 622 g/mol. The second-order valence-corrected chi connectivity index (χ2v) is 18.9. The van der Waals surface area contributed by atoms with Crippen molar-refractivity contribution in [3.8, 4) is 0 Å². The average molecular weight is 663 g/mol. The van der Waals surface area contributed by atoms with Gasteiger partial charge in [-0.25, -0.2) is 0 Å². The molecule has 1 saturated carbocycles. The van der Waals surface area contributed by atoms with E-state index in [0.717, 1.165) is 12.8 Å². The molecule has 0 unspecified atom stereocenters. The maximum absolute atomic E-state index is 12.2. The van der Waals surface area contributed by atoms with Crippen LogP contribution in [0.15, 0.2) is 205 Å². The number of benzene rings is 6. The first kappa shape index (κ1) is 31.8. The van der Waals surface area contributed by atoms with Gasteiger partial charge in [-0.3, -0.25) is 0 Å². The maximum Gasteiger partial charge on any atom is 0.140 e. The molecule has 48 heavy (non-hydrogen) atoms. The number of hydrogen-bond acceptors (Lipinski definition) is 2. The molecule has 7 rings (SSSR count). The summed E-state index contributed by atoms with van der Waals surface area (Å²) >= 11 is 0. The minimum Gasteiger partial charge on any atom is -0.509 e. The average Bonchev–Trinajstić information content (AvgIpc) is 3.14. The zero-order valence-electron chi connectivity index (χ0n) is 26.8. The third-order valence-electron chi connectivity index (χ3n) is 9.67. The molecule has 1 fully saturated rings. The zero-order valence-corrected chi connectivity index (χ0v) is 28.6. The summed E-state index contributed by atoms with van der Waals surface area (Å²) in [6, 6.07) is 63.5. The molecule has 0 amide bonds. The van der Waals surface area contributed by atoms with Crippen molar-refractivity contribution in [1.29, 1.82) is 0 Å². The molecule has 0 saturated heterocycles. The van der Waals surface area contributed by atoms with E-state index in [2.05, 4.69) is 157 Å². The minimum atomic E-state index is -2.39. The van der Waals surface area contributed by atoms with Crippen LogP contribution in [0, 0.1) is 11.8 Å². The summed E-state index contributed by atoms with van der Waals surface area (Å²) in [5.41, 5.74) is 0. The number of aliphatic hydroxyl groups is 2. The third-order valence-corrected chi connectivity index (χ3v) is 17.6. The monoisotopic (exact) mass is 662 g/mol. The highest BCUT2D eigenvalue weighted by molar-refractivity contribution is 7.98. The van der Waals surface area contributed by atoms with Gasteiger partial charge in [0.2, 0.25) is 0 Å². The Hall–Kier alpha value is -4.74. The Balaban J connectivity index is 1.37. The highest BCUT2D eigenvalue weighted by Crippen LogP contribution is 2.61. The molecule has 0 aliphatic heterocycles. The number of hydrogen-bond donors (Lipinski definition) is 2. The van der Waals surface area contributed by atoms with Crippen molar-refractivity contribution in [3.05, 3.63) is 205 Å². The van der Waals surface area contributed by atoms with Crippen LogP contribution in [0.4, 0.5) is 0 Å². The van der Waals surface area contributed by atoms with Gasteiger partial charge < -0.3 is 10.2 Å². The summed E-state index contributed by atoms with van der Waals surface area (Å²) in [6.45, 7) is 0. The van der Waals surface area contributed by atoms with Crippen LogP contribution >= 0.6 is 14.5 Å². The molecule has 6 aromatic rings. The first-order chi connectivity index (χ1) is 23.6. The summed E-state index contributed by atoms with van der Waals surface area (Å²) in [4.78, 5) is 0. The molecule has 0 aromatic heterocycles. The van der Waals surface area contributed by atoms with Gasteiger partial charge in [-0.2, -0.15) is 0 Å². The Labute approximate surface area is 285 Å². The Morgan fingerprint density at radius 1 is 0.354 bits per heavy atom. The summed E-state index contributed by atoms with van der Waals surface area (Å²) in [5, 5.41) is 31.6. The molecule has 0 bridgehead atoms. The zero-order chi connectivity index (χ0) is 32.8. The lowest BCUT2D eigenvalue weighted by Gasteiger charge is -2.36. The van der Waals surface area contributed by atoms with Crippen molar-refractivity contribution < 1.29 is 10.2 Å². The highest BCUT2D eigenvalue weighted by atomic mass is 31.2. The van der Waals surface area contributed by atoms with E-state index in [0.29, 0.717) is 11.5 Å². The van der Waals surface area contributed by atoms with Gasteiger partial charge in [0.05, 0.1) is 0 Å². The van der Waals surface area contributed by atoms with Crippen LogP contribution in [-0.2, 0) is 0 Å². The fourth-order valence-corrected chi connectivity index (χ4v) is 14.8. The maximum atomic E-state index is 12.2. The molecular formula is C44H40O2P2+2. The molecule has 0 radical (unpaired) electrons. The number of aliphatic hydroxyl groups excluding tert-OH is 2. The van der Waals surface area contributed by atoms with Gasteiger partial charge >= 0.3 is 0 Å². The Morgan fingerprint density at radius 3 is 0.708 bits per heavy atom. The van der Waals surface area contributed by atoms with Crippen LogP contribution in [0.1, 0.15) is 12.8 Å². The van der Waals surface area contributed by atoms with Crippen LogP contribution < -0.4 is 31.8 Å². The number of allylic oxidation sites excluding steroid dienone is 2. The van der Waals surface area contributed by atoms with E-state index < -0.39 is 14.5 Å². The highest BCUT2D eigenvalue weighted by Gasteiger charge is 2.49. The summed E-state index contributed by atoms with van der Waals surface area (Å²) < 4.78 is 0. The molecule has 1 aliphatic carbocycles. The molecule has 236 valence electrons. The topological polar surface area (TPSA) is 40.5 Å². The molecule has 4 heteroatoms. The van der Waals surface area contributed by atoms with E-state index in [4.69, 9.17) is 0 Å². The fourth-order valence-electron chi connectivity index (χ4n) is 7.12. The lowest BCUT2D eigenvalue weighted by Crippen LogP contribution is -2.34. The van der Waals surface area contributed by atoms with Crippen molar-refractivity contribution in [1.82, 2.24) is 0 Å². The van der Waals surface area contributed by atoms with Gasteiger partial charge in [-0.1, -0.05) is 109 Å². The second kappa shape index (κ2) is 14.2. The van der Waals surface area contributed by atoms with E-state index >= 15 is 0 Å². The predicted octanol–water partition coefficient (Wildman–Crippen LogP) is 8.80. The van der Waals surface area contributed by atoms with Crippen molar-refractivity contribution in [2.45, 2.75) is 12.8 Å². The van der Waals surface area contributed by atoms with Crippen LogP contribution in [-0.4, -0.2) is 10.2 Å². The lowest BCUT2D eigenvalue weighted by molar-refractivity contribution is 0.137. The van der Waals surface area contributed by atoms with Gasteiger partial charge in [0.25, 0.3) is 0 Å². The van der Waals surface area contributed by atoms with E-state index in [-0.39, 0.29) is 11.8 Å². The summed E-state index contributed by atoms with van der Waals surface area (Å²) in [5.74, 6) is 4.68. The minimum absolute atomic E-state index is 0.180. The Kier molecular flexibility index (Phi) is 9.40. The van der Waals surface area contributed by atoms with Crippen molar-refractivity contribution in [3.63, 3.8) is 0 Å². The standard InChI is InChI=1S/C44H38O2P2/c45-43(33-47(35-19-7-1-8-20-35,36-21-9-2-10-22-36)37-23-11-3-12-24-37)41-31-32-42(41)44(46)34-48(38-25-13-4-14-26-38,39-27-15-5-16-28-39)40-29-17-6-18-30-40/h1-30,33-34,41-42H,31-32H2/p+2/b43-33-,44-34-/t41-,42+. The van der Waals surface area contributed by atoms with Crippen LogP contribution in [0.2, 0.25) is 0 Å². The summed E-state index contributed by atoms with van der Waals surface area (Å²) in [7, 11) is -4.78. The second-order valence-electron chi connectivity index (χ2n) is 12.4. The molecule has 2 N–H and O–H groups in total. The van der Waals surface area contributed by atoms with Crippen molar-refractivity contribution in [2.75, 3.05) is 0 Å². The van der Waals surface area contributed by atoms with Gasteiger partial charge in [0, 0.05) is 11.8 Å². The number of rotatable bonds is 10. The Morgan fingerprint density at radius 2 is 0.542 bits per heavy atom. The largest absolute Gasteiger partial charge is 0.509 e. The fraction of sp³-hybridized carbons (Fsp3) is 0.0909. The predicted molar refractivity (Wildman–Crippen MR) is 208 cm³/mol. The van der Waals surface area contributed by atoms with E-state index in [1.54, 1.807) is 0 Å². The van der Waals surface area contributed by atoms with E-state index in [1.807, 2.05) is 36.4 Å². The molecule has 6 aromatic carbocycles. The van der Waals surface area contributed by atoms with Gasteiger partial charge in [0.1, 0.15) is 69.5 Å². The molecule has 2 atom stereocenters. The summed E-state index contributed by atoms with van der Waals surface area (Å²) in [6.07, 6.45) is 1.63. The molecule has 1 aliphatic rings.